The van der Waals surface area contributed by atoms with Gasteiger partial charge in [0, 0.05) is 12.3 Å². The van der Waals surface area contributed by atoms with Crippen LogP contribution in [0.5, 0.6) is 0 Å². The van der Waals surface area contributed by atoms with Crippen LogP contribution in [0.25, 0.3) is 0 Å². The summed E-state index contributed by atoms with van der Waals surface area (Å²) in [6.07, 6.45) is 10.8. The minimum Gasteiger partial charge on any atom is -0.393 e. The number of ketones is 1. The number of hydrogen-bond donors (Lipinski definition) is 2. The molecular weight excluding hydrogens is 332 g/mol. The summed E-state index contributed by atoms with van der Waals surface area (Å²) in [5.41, 5.74) is 1.64. The largest absolute Gasteiger partial charge is 0.393 e. The number of aliphatic hydroxyl groups excluding tert-OH is 2. The Balaban J connectivity index is 1.63. The van der Waals surface area contributed by atoms with Gasteiger partial charge in [-0.25, -0.2) is 9.78 Å². The molecular formula is C21H30O5. The van der Waals surface area contributed by atoms with E-state index in [1.807, 2.05) is 0 Å². The SMILES string of the molecule is CC12CC[C@H](O)CC1(/C=C/C1=C3CC[C@H](C(=O)CO)[C@@]3(C)CCC1)OO2. The lowest BCUT2D eigenvalue weighted by Gasteiger charge is -2.57. The molecule has 1 heterocycles. The van der Waals surface area contributed by atoms with Crippen LogP contribution in [0.4, 0.5) is 0 Å². The van der Waals surface area contributed by atoms with Crippen LogP contribution >= 0.6 is 0 Å². The third-order valence-electron chi connectivity index (χ3n) is 7.53. The summed E-state index contributed by atoms with van der Waals surface area (Å²) < 4.78 is 0. The second-order valence-electron chi connectivity index (χ2n) is 9.01. The van der Waals surface area contributed by atoms with E-state index < -0.39 is 5.60 Å². The monoisotopic (exact) mass is 362 g/mol. The van der Waals surface area contributed by atoms with Crippen molar-refractivity contribution in [3.8, 4) is 0 Å². The van der Waals surface area contributed by atoms with E-state index in [-0.39, 0.29) is 35.4 Å². The highest BCUT2D eigenvalue weighted by atomic mass is 17.3. The summed E-state index contributed by atoms with van der Waals surface area (Å²) in [5, 5.41) is 19.4. The second-order valence-corrected chi connectivity index (χ2v) is 9.01. The van der Waals surface area contributed by atoms with Crippen LogP contribution < -0.4 is 0 Å². The van der Waals surface area contributed by atoms with Gasteiger partial charge in [0.15, 0.2) is 11.4 Å². The molecule has 0 aromatic carbocycles. The Bertz CT molecular complexity index is 667. The Morgan fingerprint density at radius 2 is 2.04 bits per heavy atom. The van der Waals surface area contributed by atoms with Crippen LogP contribution in [0.15, 0.2) is 23.3 Å². The number of aliphatic hydroxyl groups is 2. The molecule has 0 aromatic rings. The molecule has 5 nitrogen and oxygen atoms in total. The molecule has 0 amide bonds. The van der Waals surface area contributed by atoms with Crippen LogP contribution in [0.1, 0.15) is 65.2 Å². The van der Waals surface area contributed by atoms with Crippen molar-refractivity contribution >= 4 is 5.78 Å². The Morgan fingerprint density at radius 3 is 2.73 bits per heavy atom. The molecule has 2 saturated carbocycles. The molecule has 4 aliphatic rings. The lowest BCUT2D eigenvalue weighted by atomic mass is 9.66. The quantitative estimate of drug-likeness (QED) is 0.752. The Labute approximate surface area is 155 Å². The zero-order chi connectivity index (χ0) is 18.6. The molecule has 3 fully saturated rings. The van der Waals surface area contributed by atoms with Gasteiger partial charge in [0.1, 0.15) is 12.2 Å². The molecule has 0 radical (unpaired) electrons. The van der Waals surface area contributed by atoms with Gasteiger partial charge < -0.3 is 10.2 Å². The van der Waals surface area contributed by atoms with E-state index >= 15 is 0 Å². The number of Topliss-reactive ketones (excluding diaryl/α,β-unsaturated/α-hetero) is 1. The fourth-order valence-corrected chi connectivity index (χ4v) is 5.76. The van der Waals surface area contributed by atoms with Crippen molar-refractivity contribution in [3.63, 3.8) is 0 Å². The fourth-order valence-electron chi connectivity index (χ4n) is 5.76. The van der Waals surface area contributed by atoms with E-state index in [0.717, 1.165) is 44.9 Å². The average Bonchev–Trinajstić information content (AvgIpc) is 2.98. The molecule has 0 aromatic heterocycles. The highest BCUT2D eigenvalue weighted by Gasteiger charge is 2.62. The van der Waals surface area contributed by atoms with Gasteiger partial charge in [0.2, 0.25) is 0 Å². The summed E-state index contributed by atoms with van der Waals surface area (Å²) in [7, 11) is 0. The molecule has 0 bridgehead atoms. The molecule has 3 aliphatic carbocycles. The number of fused-ring (bicyclic) bond motifs is 2. The molecule has 1 saturated heterocycles. The summed E-state index contributed by atoms with van der Waals surface area (Å²) in [4.78, 5) is 23.2. The van der Waals surface area contributed by atoms with Gasteiger partial charge in [-0.15, -0.1) is 0 Å². The van der Waals surface area contributed by atoms with E-state index in [1.54, 1.807) is 0 Å². The Hall–Kier alpha value is -1.01. The predicted molar refractivity (Wildman–Crippen MR) is 96.1 cm³/mol. The van der Waals surface area contributed by atoms with E-state index in [1.165, 1.54) is 11.1 Å². The van der Waals surface area contributed by atoms with Crippen molar-refractivity contribution in [2.24, 2.45) is 11.3 Å². The van der Waals surface area contributed by atoms with E-state index in [9.17, 15) is 15.0 Å². The molecule has 4 rings (SSSR count). The minimum absolute atomic E-state index is 0.0231. The van der Waals surface area contributed by atoms with Crippen LogP contribution in [0.2, 0.25) is 0 Å². The Kier molecular flexibility index (Phi) is 4.42. The fraction of sp³-hybridized carbons (Fsp3) is 0.762. The number of hydrogen-bond acceptors (Lipinski definition) is 5. The third-order valence-corrected chi connectivity index (χ3v) is 7.53. The number of allylic oxidation sites excluding steroid dienone is 3. The molecule has 144 valence electrons. The zero-order valence-electron chi connectivity index (χ0n) is 15.8. The Morgan fingerprint density at radius 1 is 1.23 bits per heavy atom. The first kappa shape index (κ1) is 18.4. The number of carbonyl (C=O) groups excluding carboxylic acids is 1. The molecule has 26 heavy (non-hydrogen) atoms. The lowest BCUT2D eigenvalue weighted by molar-refractivity contribution is -0.545. The highest BCUT2D eigenvalue weighted by molar-refractivity contribution is 5.84. The van der Waals surface area contributed by atoms with Gasteiger partial charge in [-0.2, -0.15) is 0 Å². The predicted octanol–water partition coefficient (Wildman–Crippen LogP) is 3.00. The van der Waals surface area contributed by atoms with Crippen molar-refractivity contribution in [3.05, 3.63) is 23.3 Å². The van der Waals surface area contributed by atoms with Crippen molar-refractivity contribution in [2.45, 2.75) is 82.5 Å². The van der Waals surface area contributed by atoms with Crippen molar-refractivity contribution in [1.82, 2.24) is 0 Å². The molecule has 1 aliphatic heterocycles. The average molecular weight is 362 g/mol. The first-order chi connectivity index (χ1) is 12.3. The number of rotatable bonds is 4. The highest BCUT2D eigenvalue weighted by Crippen LogP contribution is 2.56. The van der Waals surface area contributed by atoms with Gasteiger partial charge >= 0.3 is 0 Å². The van der Waals surface area contributed by atoms with Gasteiger partial charge in [-0.3, -0.25) is 4.79 Å². The number of carbonyl (C=O) groups is 1. The smallest absolute Gasteiger partial charge is 0.162 e. The van der Waals surface area contributed by atoms with E-state index in [4.69, 9.17) is 9.78 Å². The van der Waals surface area contributed by atoms with Gasteiger partial charge in [-0.1, -0.05) is 18.6 Å². The molecule has 5 heteroatoms. The van der Waals surface area contributed by atoms with Crippen LogP contribution in [-0.4, -0.2) is 39.9 Å². The molecule has 2 unspecified atom stereocenters. The van der Waals surface area contributed by atoms with Gasteiger partial charge in [0.25, 0.3) is 0 Å². The van der Waals surface area contributed by atoms with Crippen LogP contribution in [-0.2, 0) is 14.6 Å². The van der Waals surface area contributed by atoms with Crippen LogP contribution in [0, 0.1) is 11.3 Å². The summed E-state index contributed by atoms with van der Waals surface area (Å²) in [5.74, 6) is -0.0838. The third kappa shape index (κ3) is 2.55. The summed E-state index contributed by atoms with van der Waals surface area (Å²) in [6.45, 7) is 3.89. The zero-order valence-corrected chi connectivity index (χ0v) is 15.8. The topological polar surface area (TPSA) is 76.0 Å². The lowest BCUT2D eigenvalue weighted by Crippen LogP contribution is -2.67. The van der Waals surface area contributed by atoms with Gasteiger partial charge in [-0.05, 0) is 68.9 Å². The van der Waals surface area contributed by atoms with Crippen molar-refractivity contribution < 1.29 is 24.8 Å². The molecule has 0 spiro atoms. The molecule has 5 atom stereocenters. The van der Waals surface area contributed by atoms with Crippen molar-refractivity contribution in [2.75, 3.05) is 6.61 Å². The minimum atomic E-state index is -0.551. The first-order valence-corrected chi connectivity index (χ1v) is 9.94. The maximum atomic E-state index is 12.2. The first-order valence-electron chi connectivity index (χ1n) is 9.94. The van der Waals surface area contributed by atoms with Crippen LogP contribution in [0.3, 0.4) is 0 Å². The maximum absolute atomic E-state index is 12.2. The van der Waals surface area contributed by atoms with Gasteiger partial charge in [0.05, 0.1) is 6.10 Å². The van der Waals surface area contributed by atoms with E-state index in [2.05, 4.69) is 26.0 Å². The second kappa shape index (κ2) is 6.26. The molecule has 2 N–H and O–H groups in total. The summed E-state index contributed by atoms with van der Waals surface area (Å²) >= 11 is 0. The maximum Gasteiger partial charge on any atom is 0.162 e. The standard InChI is InChI=1S/C21H30O5/c1-19-9-3-4-14(16(19)5-6-17(19)18(24)13-22)7-11-21-12-15(23)8-10-20(21,2)25-26-21/h7,11,15,17,22-23H,3-6,8-10,12-13H2,1-2H3/b11-7+/t15-,17+,19-,20?,21?/m0/s1. The normalized spacial score (nSPS) is 45.4. The van der Waals surface area contributed by atoms with E-state index in [0.29, 0.717) is 6.42 Å². The summed E-state index contributed by atoms with van der Waals surface area (Å²) in [6, 6.07) is 0. The van der Waals surface area contributed by atoms with Crippen molar-refractivity contribution in [1.29, 1.82) is 0 Å².